The van der Waals surface area contributed by atoms with Crippen molar-refractivity contribution in [3.8, 4) is 0 Å². The van der Waals surface area contributed by atoms with Crippen molar-refractivity contribution in [2.75, 3.05) is 6.54 Å². The van der Waals surface area contributed by atoms with Crippen LogP contribution < -0.4 is 5.32 Å². The van der Waals surface area contributed by atoms with Crippen LogP contribution in [0, 0.1) is 5.41 Å². The molecule has 3 rings (SSSR count). The van der Waals surface area contributed by atoms with E-state index >= 15 is 0 Å². The van der Waals surface area contributed by atoms with E-state index in [2.05, 4.69) is 86.8 Å². The molecule has 1 heteroatoms. The molecule has 0 radical (unpaired) electrons. The predicted octanol–water partition coefficient (Wildman–Crippen LogP) is 4.57. The summed E-state index contributed by atoms with van der Waals surface area (Å²) in [6.45, 7) is 8.03. The van der Waals surface area contributed by atoms with Crippen molar-refractivity contribution in [3.05, 3.63) is 71.8 Å². The molecule has 110 valence electrons. The first kappa shape index (κ1) is 14.3. The van der Waals surface area contributed by atoms with Crippen molar-refractivity contribution >= 4 is 0 Å². The summed E-state index contributed by atoms with van der Waals surface area (Å²) in [6, 6.07) is 22.5. The van der Waals surface area contributed by atoms with Crippen molar-refractivity contribution < 1.29 is 0 Å². The summed E-state index contributed by atoms with van der Waals surface area (Å²) in [5.74, 6) is 1.13. The smallest absolute Gasteiger partial charge is 0.0199 e. The molecule has 0 aromatic heterocycles. The third-order valence-electron chi connectivity index (χ3n) is 5.09. The molecule has 0 amide bonds. The van der Waals surface area contributed by atoms with Gasteiger partial charge >= 0.3 is 0 Å². The minimum Gasteiger partial charge on any atom is -0.313 e. The van der Waals surface area contributed by atoms with Gasteiger partial charge in [-0.05, 0) is 29.0 Å². The van der Waals surface area contributed by atoms with Gasteiger partial charge in [-0.3, -0.25) is 0 Å². The van der Waals surface area contributed by atoms with Crippen LogP contribution in [-0.2, 0) is 0 Å². The zero-order valence-corrected chi connectivity index (χ0v) is 13.2. The molecule has 0 bridgehead atoms. The molecule has 1 N–H and O–H groups in total. The first-order valence-electron chi connectivity index (χ1n) is 7.99. The molecule has 2 aromatic carbocycles. The Morgan fingerprint density at radius 3 is 1.90 bits per heavy atom. The molecule has 1 fully saturated rings. The van der Waals surface area contributed by atoms with Gasteiger partial charge in [0.1, 0.15) is 0 Å². The van der Waals surface area contributed by atoms with E-state index in [-0.39, 0.29) is 5.41 Å². The van der Waals surface area contributed by atoms with Gasteiger partial charge in [0.25, 0.3) is 0 Å². The van der Waals surface area contributed by atoms with E-state index in [0.29, 0.717) is 17.9 Å². The van der Waals surface area contributed by atoms with Gasteiger partial charge in [-0.2, -0.15) is 0 Å². The van der Waals surface area contributed by atoms with Crippen LogP contribution >= 0.6 is 0 Å². The maximum atomic E-state index is 3.72. The first-order valence-corrected chi connectivity index (χ1v) is 7.99. The summed E-state index contributed by atoms with van der Waals surface area (Å²) in [6.07, 6.45) is 0. The fourth-order valence-electron chi connectivity index (χ4n) is 4.16. The average Bonchev–Trinajstić information content (AvgIpc) is 2.52. The van der Waals surface area contributed by atoms with E-state index in [9.17, 15) is 0 Å². The van der Waals surface area contributed by atoms with E-state index in [1.807, 2.05) is 0 Å². The minimum absolute atomic E-state index is 0.276. The molecule has 1 aliphatic carbocycles. The number of likely N-dealkylation sites (N-methyl/N-ethyl adjacent to an activating group) is 1. The molecule has 0 heterocycles. The van der Waals surface area contributed by atoms with E-state index in [1.165, 1.54) is 11.1 Å². The average molecular weight is 279 g/mol. The third kappa shape index (κ3) is 2.40. The molecule has 0 aliphatic heterocycles. The number of nitrogens with one attached hydrogen (secondary N) is 1. The molecule has 0 spiro atoms. The highest BCUT2D eigenvalue weighted by atomic mass is 15.0. The summed E-state index contributed by atoms with van der Waals surface area (Å²) in [5, 5.41) is 3.72. The van der Waals surface area contributed by atoms with Crippen LogP contribution in [0.4, 0.5) is 0 Å². The minimum atomic E-state index is 0.276. The fourth-order valence-corrected chi connectivity index (χ4v) is 4.16. The Kier molecular flexibility index (Phi) is 3.86. The van der Waals surface area contributed by atoms with E-state index in [4.69, 9.17) is 0 Å². The van der Waals surface area contributed by atoms with Crippen molar-refractivity contribution in [2.45, 2.75) is 38.6 Å². The maximum Gasteiger partial charge on any atom is 0.0199 e. The van der Waals surface area contributed by atoms with Crippen LogP contribution in [-0.4, -0.2) is 12.6 Å². The maximum absolute atomic E-state index is 3.72. The third-order valence-corrected chi connectivity index (χ3v) is 5.09. The zero-order valence-electron chi connectivity index (χ0n) is 13.2. The van der Waals surface area contributed by atoms with E-state index < -0.39 is 0 Å². The highest BCUT2D eigenvalue weighted by Crippen LogP contribution is 2.60. The van der Waals surface area contributed by atoms with Gasteiger partial charge in [0.05, 0.1) is 0 Å². The van der Waals surface area contributed by atoms with Crippen LogP contribution in [0.2, 0.25) is 0 Å². The lowest BCUT2D eigenvalue weighted by Crippen LogP contribution is -2.61. The largest absolute Gasteiger partial charge is 0.313 e. The summed E-state index contributed by atoms with van der Waals surface area (Å²) < 4.78 is 0. The number of hydrogen-bond donors (Lipinski definition) is 1. The predicted molar refractivity (Wildman–Crippen MR) is 89.6 cm³/mol. The van der Waals surface area contributed by atoms with Crippen LogP contribution in [0.25, 0.3) is 0 Å². The molecule has 3 atom stereocenters. The summed E-state index contributed by atoms with van der Waals surface area (Å²) in [5.41, 5.74) is 3.19. The number of hydrogen-bond acceptors (Lipinski definition) is 1. The molecular weight excluding hydrogens is 254 g/mol. The lowest BCUT2D eigenvalue weighted by molar-refractivity contribution is 0.0370. The van der Waals surface area contributed by atoms with E-state index in [1.54, 1.807) is 0 Å². The second-order valence-electron chi connectivity index (χ2n) is 6.68. The number of rotatable bonds is 4. The Morgan fingerprint density at radius 1 is 0.857 bits per heavy atom. The van der Waals surface area contributed by atoms with Crippen LogP contribution in [0.1, 0.15) is 43.7 Å². The summed E-state index contributed by atoms with van der Waals surface area (Å²) in [4.78, 5) is 0. The Labute approximate surface area is 128 Å². The van der Waals surface area contributed by atoms with Crippen LogP contribution in [0.5, 0.6) is 0 Å². The Morgan fingerprint density at radius 2 is 1.38 bits per heavy atom. The van der Waals surface area contributed by atoms with Gasteiger partial charge in [-0.15, -0.1) is 0 Å². The normalized spacial score (nSPS) is 27.1. The second kappa shape index (κ2) is 5.65. The van der Waals surface area contributed by atoms with Gasteiger partial charge in [0.15, 0.2) is 0 Å². The van der Waals surface area contributed by atoms with Crippen molar-refractivity contribution in [1.82, 2.24) is 5.32 Å². The SMILES string of the molecule is CCNC1C(c2ccccc2)C(c2ccccc2)C1(C)C. The molecule has 1 nitrogen and oxygen atoms in total. The van der Waals surface area contributed by atoms with Crippen molar-refractivity contribution in [1.29, 1.82) is 0 Å². The van der Waals surface area contributed by atoms with Gasteiger partial charge in [-0.1, -0.05) is 81.4 Å². The Hall–Kier alpha value is -1.60. The van der Waals surface area contributed by atoms with Gasteiger partial charge in [0.2, 0.25) is 0 Å². The quantitative estimate of drug-likeness (QED) is 0.864. The second-order valence-corrected chi connectivity index (χ2v) is 6.68. The van der Waals surface area contributed by atoms with E-state index in [0.717, 1.165) is 6.54 Å². The lowest BCUT2D eigenvalue weighted by atomic mass is 9.48. The lowest BCUT2D eigenvalue weighted by Gasteiger charge is -2.59. The standard InChI is InChI=1S/C20H25N/c1-4-21-19-17(15-11-7-5-8-12-15)18(20(19,2)3)16-13-9-6-10-14-16/h5-14,17-19,21H,4H2,1-3H3. The zero-order chi connectivity index (χ0) is 14.9. The Bertz CT molecular complexity index is 573. The summed E-state index contributed by atoms with van der Waals surface area (Å²) in [7, 11) is 0. The van der Waals surface area contributed by atoms with Gasteiger partial charge in [0, 0.05) is 12.0 Å². The van der Waals surface area contributed by atoms with Crippen molar-refractivity contribution in [3.63, 3.8) is 0 Å². The molecular formula is C20H25N. The fraction of sp³-hybridized carbons (Fsp3) is 0.400. The number of benzene rings is 2. The van der Waals surface area contributed by atoms with Crippen LogP contribution in [0.3, 0.4) is 0 Å². The van der Waals surface area contributed by atoms with Crippen molar-refractivity contribution in [2.24, 2.45) is 5.41 Å². The monoisotopic (exact) mass is 279 g/mol. The highest BCUT2D eigenvalue weighted by molar-refractivity contribution is 5.39. The highest BCUT2D eigenvalue weighted by Gasteiger charge is 2.56. The molecule has 1 aliphatic rings. The summed E-state index contributed by atoms with van der Waals surface area (Å²) >= 11 is 0. The van der Waals surface area contributed by atoms with Crippen LogP contribution in [0.15, 0.2) is 60.7 Å². The molecule has 1 saturated carbocycles. The topological polar surface area (TPSA) is 12.0 Å². The molecule has 2 aromatic rings. The van der Waals surface area contributed by atoms with Gasteiger partial charge < -0.3 is 5.32 Å². The molecule has 0 saturated heterocycles. The Balaban J connectivity index is 2.00. The van der Waals surface area contributed by atoms with Gasteiger partial charge in [-0.25, -0.2) is 0 Å². The molecule has 21 heavy (non-hydrogen) atoms. The first-order chi connectivity index (χ1) is 10.2. The molecule has 3 unspecified atom stereocenters.